The fourth-order valence-corrected chi connectivity index (χ4v) is 4.47. The highest BCUT2D eigenvalue weighted by atomic mass is 35.5. The predicted molar refractivity (Wildman–Crippen MR) is 120 cm³/mol. The van der Waals surface area contributed by atoms with E-state index in [2.05, 4.69) is 0 Å². The van der Waals surface area contributed by atoms with E-state index in [0.29, 0.717) is 28.6 Å². The van der Waals surface area contributed by atoms with Gasteiger partial charge < -0.3 is 9.52 Å². The summed E-state index contributed by atoms with van der Waals surface area (Å²) in [5.74, 6) is -1.37. The Labute approximate surface area is 196 Å². The van der Waals surface area contributed by atoms with Gasteiger partial charge in [-0.15, -0.1) is 0 Å². The number of furan rings is 1. The van der Waals surface area contributed by atoms with Crippen molar-refractivity contribution in [1.82, 2.24) is 4.90 Å². The van der Waals surface area contributed by atoms with Crippen molar-refractivity contribution in [1.29, 1.82) is 0 Å². The Balaban J connectivity index is 1.75. The Morgan fingerprint density at radius 3 is 2.72 bits per heavy atom. The molecule has 5 nitrogen and oxygen atoms in total. The first kappa shape index (κ1) is 24.3. The lowest BCUT2D eigenvalue weighted by atomic mass is 10.1. The van der Waals surface area contributed by atoms with E-state index in [-0.39, 0.29) is 28.0 Å². The highest BCUT2D eigenvalue weighted by Crippen LogP contribution is 2.38. The van der Waals surface area contributed by atoms with Crippen molar-refractivity contribution in [2.24, 2.45) is 5.92 Å². The largest absolute Gasteiger partial charge is 0.481 e. The quantitative estimate of drug-likeness (QED) is 0.352. The molecule has 1 aromatic heterocycles. The highest BCUT2D eigenvalue weighted by molar-refractivity contribution is 8.26. The van der Waals surface area contributed by atoms with E-state index in [4.69, 9.17) is 33.3 Å². The summed E-state index contributed by atoms with van der Waals surface area (Å²) in [6.07, 6.45) is -2.17. The van der Waals surface area contributed by atoms with Crippen LogP contribution < -0.4 is 0 Å². The molecular weight excluding hydrogens is 487 g/mol. The maximum Gasteiger partial charge on any atom is 0.416 e. The first-order valence-corrected chi connectivity index (χ1v) is 11.0. The van der Waals surface area contributed by atoms with Crippen LogP contribution in [-0.2, 0) is 15.8 Å². The van der Waals surface area contributed by atoms with Crippen molar-refractivity contribution in [3.63, 3.8) is 0 Å². The SMILES string of the molecule is CC(CCCN1C(=O)/C(=C/c2ccc(-c3cc(C(F)(F)F)ccc3Cl)o2)SC1=S)C(=O)O. The zero-order chi connectivity index (χ0) is 23.6. The predicted octanol–water partition coefficient (Wildman–Crippen LogP) is 6.32. The third-order valence-electron chi connectivity index (χ3n) is 4.77. The van der Waals surface area contributed by atoms with Gasteiger partial charge in [-0.25, -0.2) is 0 Å². The summed E-state index contributed by atoms with van der Waals surface area (Å²) < 4.78 is 45.0. The number of carbonyl (C=O) groups is 2. The number of benzene rings is 1. The van der Waals surface area contributed by atoms with Gasteiger partial charge in [0.15, 0.2) is 0 Å². The molecule has 1 saturated heterocycles. The molecule has 1 unspecified atom stereocenters. The molecule has 0 bridgehead atoms. The molecule has 170 valence electrons. The van der Waals surface area contributed by atoms with E-state index in [9.17, 15) is 22.8 Å². The minimum Gasteiger partial charge on any atom is -0.481 e. The number of hydrogen-bond donors (Lipinski definition) is 1. The monoisotopic (exact) mass is 503 g/mol. The fourth-order valence-electron chi connectivity index (χ4n) is 2.97. The standard InChI is InChI=1S/C21H17ClF3NO4S2/c1-11(19(28)29)3-2-8-26-18(27)17(32-20(26)31)10-13-5-7-16(30-13)14-9-12(21(23,24)25)4-6-15(14)22/h4-7,9-11H,2-3,8H2,1H3,(H,28,29)/b17-10-. The van der Waals surface area contributed by atoms with Gasteiger partial charge in [0.05, 0.1) is 21.4 Å². The number of hydrogen-bond acceptors (Lipinski definition) is 5. The maximum absolute atomic E-state index is 13.0. The van der Waals surface area contributed by atoms with Crippen LogP contribution in [0.4, 0.5) is 13.2 Å². The number of thiocarbonyl (C=S) groups is 1. The number of halogens is 4. The Kier molecular flexibility index (Phi) is 7.36. The van der Waals surface area contributed by atoms with Gasteiger partial charge in [0.2, 0.25) is 0 Å². The summed E-state index contributed by atoms with van der Waals surface area (Å²) in [7, 11) is 0. The zero-order valence-corrected chi connectivity index (χ0v) is 19.0. The molecule has 0 saturated carbocycles. The van der Waals surface area contributed by atoms with E-state index in [1.165, 1.54) is 23.1 Å². The molecule has 1 aliphatic rings. The second-order valence-electron chi connectivity index (χ2n) is 7.11. The van der Waals surface area contributed by atoms with Crippen LogP contribution in [0.1, 0.15) is 31.1 Å². The third-order valence-corrected chi connectivity index (χ3v) is 6.48. The van der Waals surface area contributed by atoms with Crippen LogP contribution >= 0.6 is 35.6 Å². The molecule has 0 radical (unpaired) electrons. The van der Waals surface area contributed by atoms with Gasteiger partial charge in [-0.3, -0.25) is 14.5 Å². The van der Waals surface area contributed by atoms with E-state index < -0.39 is 23.6 Å². The molecule has 2 heterocycles. The first-order valence-electron chi connectivity index (χ1n) is 9.42. The van der Waals surface area contributed by atoms with Gasteiger partial charge in [-0.2, -0.15) is 13.2 Å². The summed E-state index contributed by atoms with van der Waals surface area (Å²) >= 11 is 12.4. The number of alkyl halides is 3. The van der Waals surface area contributed by atoms with Crippen molar-refractivity contribution >= 4 is 57.9 Å². The Bertz CT molecular complexity index is 1100. The Hall–Kier alpha value is -2.30. The summed E-state index contributed by atoms with van der Waals surface area (Å²) in [5.41, 5.74) is -0.769. The maximum atomic E-state index is 13.0. The van der Waals surface area contributed by atoms with Crippen LogP contribution in [0, 0.1) is 5.92 Å². The van der Waals surface area contributed by atoms with Crippen LogP contribution in [0.2, 0.25) is 5.02 Å². The molecule has 32 heavy (non-hydrogen) atoms. The molecule has 1 amide bonds. The van der Waals surface area contributed by atoms with Crippen molar-refractivity contribution in [3.05, 3.63) is 51.6 Å². The van der Waals surface area contributed by atoms with E-state index in [1.54, 1.807) is 6.92 Å². The van der Waals surface area contributed by atoms with E-state index in [0.717, 1.165) is 30.0 Å². The van der Waals surface area contributed by atoms with Gasteiger partial charge in [-0.05, 0) is 43.2 Å². The van der Waals surface area contributed by atoms with Crippen LogP contribution in [0.25, 0.3) is 17.4 Å². The normalized spacial score (nSPS) is 16.8. The number of nitrogens with zero attached hydrogens (tertiary/aromatic N) is 1. The number of amides is 1. The minimum absolute atomic E-state index is 0.0845. The summed E-state index contributed by atoms with van der Waals surface area (Å²) in [6.45, 7) is 1.89. The summed E-state index contributed by atoms with van der Waals surface area (Å²) in [5, 5.41) is 9.04. The Morgan fingerprint density at radius 2 is 2.06 bits per heavy atom. The zero-order valence-electron chi connectivity index (χ0n) is 16.6. The number of rotatable bonds is 7. The fraction of sp³-hybridized carbons (Fsp3) is 0.286. The van der Waals surface area contributed by atoms with E-state index >= 15 is 0 Å². The molecule has 1 aromatic carbocycles. The molecular formula is C21H17ClF3NO4S2. The topological polar surface area (TPSA) is 70.8 Å². The van der Waals surface area contributed by atoms with Crippen molar-refractivity contribution in [2.75, 3.05) is 6.54 Å². The Morgan fingerprint density at radius 1 is 1.34 bits per heavy atom. The molecule has 2 aromatic rings. The number of thioether (sulfide) groups is 1. The molecule has 1 aliphatic heterocycles. The van der Waals surface area contributed by atoms with Crippen LogP contribution in [0.5, 0.6) is 0 Å². The number of carboxylic acids is 1. The summed E-state index contributed by atoms with van der Waals surface area (Å²) in [6, 6.07) is 5.94. The number of carbonyl (C=O) groups excluding carboxylic acids is 1. The van der Waals surface area contributed by atoms with Crippen LogP contribution in [0.3, 0.4) is 0 Å². The molecule has 1 N–H and O–H groups in total. The molecule has 1 atom stereocenters. The second kappa shape index (κ2) is 9.68. The molecule has 0 aliphatic carbocycles. The average molecular weight is 504 g/mol. The summed E-state index contributed by atoms with van der Waals surface area (Å²) in [4.78, 5) is 25.3. The van der Waals surface area contributed by atoms with Crippen molar-refractivity contribution in [3.8, 4) is 11.3 Å². The van der Waals surface area contributed by atoms with E-state index in [1.807, 2.05) is 0 Å². The second-order valence-corrected chi connectivity index (χ2v) is 9.19. The minimum atomic E-state index is -4.52. The smallest absolute Gasteiger partial charge is 0.416 e. The molecule has 0 spiro atoms. The molecule has 1 fully saturated rings. The van der Waals surface area contributed by atoms with Gasteiger partial charge >= 0.3 is 12.1 Å². The van der Waals surface area contributed by atoms with Crippen LogP contribution in [0.15, 0.2) is 39.7 Å². The van der Waals surface area contributed by atoms with Gasteiger partial charge in [0, 0.05) is 18.2 Å². The lowest BCUT2D eigenvalue weighted by Crippen LogP contribution is -2.29. The van der Waals surface area contributed by atoms with Gasteiger partial charge in [0.1, 0.15) is 15.8 Å². The highest BCUT2D eigenvalue weighted by Gasteiger charge is 2.33. The lowest BCUT2D eigenvalue weighted by molar-refractivity contribution is -0.141. The average Bonchev–Trinajstić information content (AvgIpc) is 3.27. The lowest BCUT2D eigenvalue weighted by Gasteiger charge is -2.15. The molecule has 11 heteroatoms. The van der Waals surface area contributed by atoms with Gasteiger partial charge in [0.25, 0.3) is 5.91 Å². The third kappa shape index (κ3) is 5.54. The van der Waals surface area contributed by atoms with Crippen molar-refractivity contribution in [2.45, 2.75) is 25.9 Å². The first-order chi connectivity index (χ1) is 15.0. The number of carboxylic acid groups (broad SMARTS) is 1. The van der Waals surface area contributed by atoms with Crippen molar-refractivity contribution < 1.29 is 32.3 Å². The number of aliphatic carboxylic acids is 1. The van der Waals surface area contributed by atoms with Crippen LogP contribution in [-0.4, -0.2) is 32.7 Å². The van der Waals surface area contributed by atoms with Gasteiger partial charge in [-0.1, -0.05) is 42.5 Å². The molecule has 3 rings (SSSR count).